The Morgan fingerprint density at radius 1 is 0.946 bits per heavy atom. The summed E-state index contributed by atoms with van der Waals surface area (Å²) >= 11 is 0. The largest absolute Gasteiger partial charge is 0.487 e. The maximum atomic E-state index is 13.7. The highest BCUT2D eigenvalue weighted by atomic mass is 16.5. The molecule has 7 heteroatoms. The van der Waals surface area contributed by atoms with E-state index >= 15 is 0 Å². The van der Waals surface area contributed by atoms with Gasteiger partial charge in [-0.15, -0.1) is 0 Å². The number of carbonyl (C=O) groups excluding carboxylic acids is 1. The van der Waals surface area contributed by atoms with Crippen LogP contribution in [-0.4, -0.2) is 40.5 Å². The van der Waals surface area contributed by atoms with Gasteiger partial charge in [0.1, 0.15) is 11.6 Å². The Morgan fingerprint density at radius 2 is 1.54 bits per heavy atom. The molecule has 4 aromatic rings. The van der Waals surface area contributed by atoms with E-state index in [0.717, 1.165) is 11.1 Å². The highest BCUT2D eigenvalue weighted by Gasteiger charge is 2.43. The number of aryl methyl sites for hydroxylation is 1. The van der Waals surface area contributed by atoms with Crippen LogP contribution in [0.4, 0.5) is 0 Å². The fraction of sp³-hybridized carbons (Fsp3) is 0.200. The van der Waals surface area contributed by atoms with Gasteiger partial charge in [-0.05, 0) is 36.1 Å². The molecule has 0 aliphatic rings. The molecule has 2 heterocycles. The first-order chi connectivity index (χ1) is 18.1. The van der Waals surface area contributed by atoms with Gasteiger partial charge in [0.15, 0.2) is 6.40 Å². The lowest BCUT2D eigenvalue weighted by Crippen LogP contribution is -2.47. The van der Waals surface area contributed by atoms with Gasteiger partial charge in [-0.1, -0.05) is 72.8 Å². The first-order valence-electron chi connectivity index (χ1n) is 12.1. The van der Waals surface area contributed by atoms with Gasteiger partial charge in [-0.25, -0.2) is 4.99 Å². The number of methoxy groups -OCH3 is 1. The Kier molecular flexibility index (Phi) is 8.73. The summed E-state index contributed by atoms with van der Waals surface area (Å²) in [6, 6.07) is 24.8. The van der Waals surface area contributed by atoms with Gasteiger partial charge in [0.2, 0.25) is 5.91 Å². The fourth-order valence-corrected chi connectivity index (χ4v) is 4.35. The lowest BCUT2D eigenvalue weighted by Gasteiger charge is -2.38. The molecular formula is C30H30N4O3. The lowest BCUT2D eigenvalue weighted by atomic mass is 9.78. The second-order valence-electron chi connectivity index (χ2n) is 8.63. The molecule has 0 saturated heterocycles. The third-order valence-corrected chi connectivity index (χ3v) is 6.24. The van der Waals surface area contributed by atoms with Crippen molar-refractivity contribution in [1.29, 1.82) is 0 Å². The van der Waals surface area contributed by atoms with E-state index in [1.807, 2.05) is 60.7 Å². The van der Waals surface area contributed by atoms with Crippen LogP contribution in [0.3, 0.4) is 0 Å². The molecule has 7 nitrogen and oxygen atoms in total. The van der Waals surface area contributed by atoms with Crippen molar-refractivity contribution in [2.75, 3.05) is 7.11 Å². The van der Waals surface area contributed by atoms with Gasteiger partial charge in [0, 0.05) is 35.9 Å². The van der Waals surface area contributed by atoms with Crippen LogP contribution in [0.1, 0.15) is 34.7 Å². The molecule has 1 amide bonds. The van der Waals surface area contributed by atoms with Gasteiger partial charge in [0.05, 0.1) is 13.2 Å². The van der Waals surface area contributed by atoms with E-state index in [2.05, 4.69) is 20.3 Å². The van der Waals surface area contributed by atoms with E-state index in [0.29, 0.717) is 24.0 Å². The maximum Gasteiger partial charge on any atom is 0.245 e. The summed E-state index contributed by atoms with van der Waals surface area (Å²) in [6.07, 6.45) is 8.89. The molecule has 4 rings (SSSR count). The minimum Gasteiger partial charge on any atom is -0.487 e. The lowest BCUT2D eigenvalue weighted by molar-refractivity contribution is -0.125. The number of amides is 1. The minimum absolute atomic E-state index is 0.329. The summed E-state index contributed by atoms with van der Waals surface area (Å²) in [7, 11) is 1.49. The second kappa shape index (κ2) is 12.6. The van der Waals surface area contributed by atoms with Crippen molar-refractivity contribution >= 4 is 12.3 Å². The summed E-state index contributed by atoms with van der Waals surface area (Å²) in [5.41, 5.74) is 1.23. The molecule has 0 saturated carbocycles. The van der Waals surface area contributed by atoms with E-state index in [1.54, 1.807) is 49.1 Å². The number of hydrogen-bond donors (Lipinski definition) is 2. The predicted octanol–water partition coefficient (Wildman–Crippen LogP) is 4.25. The topological polar surface area (TPSA) is 96.7 Å². The molecule has 0 bridgehead atoms. The van der Waals surface area contributed by atoms with Crippen molar-refractivity contribution in [2.45, 2.75) is 30.5 Å². The van der Waals surface area contributed by atoms with Crippen LogP contribution in [0.15, 0.2) is 115 Å². The minimum atomic E-state index is -1.66. The molecule has 0 unspecified atom stereocenters. The van der Waals surface area contributed by atoms with E-state index in [-0.39, 0.29) is 5.91 Å². The third-order valence-electron chi connectivity index (χ3n) is 6.24. The monoisotopic (exact) mass is 494 g/mol. The quantitative estimate of drug-likeness (QED) is 0.240. The van der Waals surface area contributed by atoms with Crippen molar-refractivity contribution in [1.82, 2.24) is 15.3 Å². The van der Waals surface area contributed by atoms with Gasteiger partial charge in [-0.3, -0.25) is 14.8 Å². The smallest absolute Gasteiger partial charge is 0.245 e. The molecular weight excluding hydrogens is 464 g/mol. The van der Waals surface area contributed by atoms with Crippen molar-refractivity contribution in [3.05, 3.63) is 132 Å². The third kappa shape index (κ3) is 6.26. The van der Waals surface area contributed by atoms with Gasteiger partial charge >= 0.3 is 0 Å². The zero-order valence-corrected chi connectivity index (χ0v) is 20.6. The molecule has 2 aromatic heterocycles. The van der Waals surface area contributed by atoms with Crippen LogP contribution in [0, 0.1) is 0 Å². The van der Waals surface area contributed by atoms with Gasteiger partial charge in [-0.2, -0.15) is 0 Å². The highest BCUT2D eigenvalue weighted by molar-refractivity contribution is 5.83. The number of aliphatic imine (C=N–C) groups is 1. The van der Waals surface area contributed by atoms with Crippen molar-refractivity contribution < 1.29 is 14.6 Å². The normalized spacial score (nSPS) is 13.1. The highest BCUT2D eigenvalue weighted by Crippen LogP contribution is 2.40. The summed E-state index contributed by atoms with van der Waals surface area (Å²) in [5, 5.41) is 15.5. The molecule has 0 spiro atoms. The Morgan fingerprint density at radius 3 is 2.08 bits per heavy atom. The predicted molar refractivity (Wildman–Crippen MR) is 143 cm³/mol. The Bertz CT molecular complexity index is 1230. The molecule has 0 fully saturated rings. The van der Waals surface area contributed by atoms with E-state index in [1.165, 1.54) is 13.5 Å². The number of nitrogens with one attached hydrogen (secondary N) is 1. The number of ether oxygens (including phenoxy) is 1. The summed E-state index contributed by atoms with van der Waals surface area (Å²) in [5.74, 6) is -0.329. The van der Waals surface area contributed by atoms with Crippen LogP contribution >= 0.6 is 0 Å². The molecule has 2 aromatic carbocycles. The van der Waals surface area contributed by atoms with E-state index in [4.69, 9.17) is 4.74 Å². The number of benzene rings is 2. The standard InChI is InChI=1S/C30H30N4O3/c1-37-22-33-27(17-16-23-10-4-2-5-11-23)29(35)34-28(24-12-6-3-7-13-24)30(36,25-14-8-18-31-20-25)26-15-9-19-32-21-26/h2-15,18-22,27-28,36H,16-17H2,1H3,(H,34,35)/b33-22-/t27-,28+/m0/s1. The zero-order chi connectivity index (χ0) is 25.9. The maximum absolute atomic E-state index is 13.7. The first-order valence-corrected chi connectivity index (χ1v) is 12.1. The van der Waals surface area contributed by atoms with Crippen molar-refractivity contribution in [2.24, 2.45) is 4.99 Å². The number of nitrogens with zero attached hydrogens (tertiary/aromatic N) is 3. The molecule has 2 N–H and O–H groups in total. The Balaban J connectivity index is 1.73. The molecule has 0 aliphatic heterocycles. The average Bonchev–Trinajstić information content (AvgIpc) is 2.97. The molecule has 2 atom stereocenters. The number of rotatable bonds is 11. The Hall–Kier alpha value is -4.36. The van der Waals surface area contributed by atoms with E-state index < -0.39 is 17.7 Å². The molecule has 0 aliphatic carbocycles. The van der Waals surface area contributed by atoms with Crippen LogP contribution < -0.4 is 5.32 Å². The number of hydrogen-bond acceptors (Lipinski definition) is 6. The van der Waals surface area contributed by atoms with Crippen LogP contribution in [0.25, 0.3) is 0 Å². The summed E-state index contributed by atoms with van der Waals surface area (Å²) < 4.78 is 5.03. The molecule has 37 heavy (non-hydrogen) atoms. The number of pyridine rings is 2. The molecule has 188 valence electrons. The SMILES string of the molecule is CO/C=N\[C@@H](CCc1ccccc1)C(=O)N[C@H](c1ccccc1)C(O)(c1cccnc1)c1cccnc1. The average molecular weight is 495 g/mol. The van der Waals surface area contributed by atoms with Crippen molar-refractivity contribution in [3.8, 4) is 0 Å². The molecule has 0 radical (unpaired) electrons. The number of carbonyl (C=O) groups is 1. The summed E-state index contributed by atoms with van der Waals surface area (Å²) in [4.78, 5) is 26.6. The van der Waals surface area contributed by atoms with Crippen molar-refractivity contribution in [3.63, 3.8) is 0 Å². The number of aromatic nitrogens is 2. The number of aliphatic hydroxyl groups is 1. The summed E-state index contributed by atoms with van der Waals surface area (Å²) in [6.45, 7) is 0. The zero-order valence-electron chi connectivity index (χ0n) is 20.6. The first kappa shape index (κ1) is 25.7. The van der Waals surface area contributed by atoms with Crippen LogP contribution in [0.2, 0.25) is 0 Å². The van der Waals surface area contributed by atoms with Gasteiger partial charge in [0.25, 0.3) is 0 Å². The fourth-order valence-electron chi connectivity index (χ4n) is 4.35. The second-order valence-corrected chi connectivity index (χ2v) is 8.63. The van der Waals surface area contributed by atoms with Crippen LogP contribution in [-0.2, 0) is 21.6 Å². The van der Waals surface area contributed by atoms with Crippen LogP contribution in [0.5, 0.6) is 0 Å². The van der Waals surface area contributed by atoms with E-state index in [9.17, 15) is 9.90 Å². The van der Waals surface area contributed by atoms with Gasteiger partial charge < -0.3 is 15.2 Å². The Labute approximate surface area is 216 Å².